The van der Waals surface area contributed by atoms with Gasteiger partial charge in [-0.15, -0.1) is 0 Å². The van der Waals surface area contributed by atoms with E-state index in [4.69, 9.17) is 34.9 Å². The third kappa shape index (κ3) is 7.22. The zero-order valence-electron chi connectivity index (χ0n) is 29.7. The van der Waals surface area contributed by atoms with Gasteiger partial charge in [0.25, 0.3) is 0 Å². The molecule has 0 amide bonds. The minimum atomic E-state index is 0.529. The second kappa shape index (κ2) is 14.8. The van der Waals surface area contributed by atoms with Crippen molar-refractivity contribution >= 4 is 0 Å². The van der Waals surface area contributed by atoms with Crippen molar-refractivity contribution < 1.29 is 0 Å². The van der Waals surface area contributed by atoms with E-state index in [9.17, 15) is 0 Å². The van der Waals surface area contributed by atoms with Gasteiger partial charge >= 0.3 is 0 Å². The van der Waals surface area contributed by atoms with Crippen LogP contribution in [-0.2, 0) is 0 Å². The lowest BCUT2D eigenvalue weighted by atomic mass is 10.1. The van der Waals surface area contributed by atoms with Crippen LogP contribution in [0.4, 0.5) is 0 Å². The Labute approximate surface area is 317 Å². The Morgan fingerprint density at radius 1 is 0.218 bits per heavy atom. The molecule has 0 aliphatic rings. The zero-order chi connectivity index (χ0) is 37.0. The molecule has 0 radical (unpaired) electrons. The maximum absolute atomic E-state index is 5.01. The first-order valence-corrected chi connectivity index (χ1v) is 17.8. The molecule has 0 bridgehead atoms. The number of rotatable bonds is 8. The zero-order valence-corrected chi connectivity index (χ0v) is 29.7. The fourth-order valence-corrected chi connectivity index (χ4v) is 6.18. The van der Waals surface area contributed by atoms with Crippen LogP contribution in [0.25, 0.3) is 91.1 Å². The van der Waals surface area contributed by atoms with Gasteiger partial charge in [0.15, 0.2) is 46.6 Å². The summed E-state index contributed by atoms with van der Waals surface area (Å²) < 4.78 is 0. The van der Waals surface area contributed by atoms with E-state index in [2.05, 4.69) is 9.97 Å². The van der Waals surface area contributed by atoms with Gasteiger partial charge in [-0.2, -0.15) is 0 Å². The minimum Gasteiger partial charge on any atom is -0.213 e. The lowest BCUT2D eigenvalue weighted by Crippen LogP contribution is -2.02. The first-order valence-electron chi connectivity index (χ1n) is 17.8. The number of aryl methyl sites for hydroxylation is 1. The second-order valence-electron chi connectivity index (χ2n) is 12.8. The van der Waals surface area contributed by atoms with E-state index in [1.807, 2.05) is 177 Å². The fourth-order valence-electron chi connectivity index (χ4n) is 6.18. The van der Waals surface area contributed by atoms with Crippen LogP contribution in [0.3, 0.4) is 0 Å². The number of benzene rings is 6. The van der Waals surface area contributed by atoms with Gasteiger partial charge in [0.1, 0.15) is 5.82 Å². The molecule has 0 aliphatic carbocycles. The van der Waals surface area contributed by atoms with E-state index >= 15 is 0 Å². The molecule has 3 aromatic heterocycles. The second-order valence-corrected chi connectivity index (χ2v) is 12.8. The molecule has 0 atom stereocenters. The quantitative estimate of drug-likeness (QED) is 0.152. The third-order valence-corrected chi connectivity index (χ3v) is 8.93. The first kappa shape index (κ1) is 33.2. The summed E-state index contributed by atoms with van der Waals surface area (Å²) in [5, 5.41) is 0. The highest BCUT2D eigenvalue weighted by molar-refractivity contribution is 5.73. The van der Waals surface area contributed by atoms with Crippen molar-refractivity contribution in [3.8, 4) is 91.1 Å². The van der Waals surface area contributed by atoms with E-state index in [0.29, 0.717) is 52.4 Å². The van der Waals surface area contributed by atoms with Gasteiger partial charge in [-0.3, -0.25) is 0 Å². The third-order valence-electron chi connectivity index (χ3n) is 8.93. The molecule has 9 nitrogen and oxygen atoms in total. The predicted molar refractivity (Wildman–Crippen MR) is 215 cm³/mol. The van der Waals surface area contributed by atoms with Crippen LogP contribution >= 0.6 is 0 Å². The molecule has 0 N–H and O–H groups in total. The lowest BCUT2D eigenvalue weighted by Gasteiger charge is -2.11. The smallest absolute Gasteiger partial charge is 0.164 e. The van der Waals surface area contributed by atoms with Crippen LogP contribution in [0, 0.1) is 6.92 Å². The maximum Gasteiger partial charge on any atom is 0.164 e. The molecule has 0 aliphatic heterocycles. The summed E-state index contributed by atoms with van der Waals surface area (Å²) in [6, 6.07) is 55.6. The van der Waals surface area contributed by atoms with Crippen molar-refractivity contribution in [1.82, 2.24) is 44.9 Å². The Hall–Kier alpha value is -7.65. The molecular formula is C46H31N9. The normalized spacial score (nSPS) is 11.0. The first-order chi connectivity index (χ1) is 27.1. The molecule has 55 heavy (non-hydrogen) atoms. The Morgan fingerprint density at radius 2 is 0.436 bits per heavy atom. The summed E-state index contributed by atoms with van der Waals surface area (Å²) in [4.78, 5) is 43.6. The Kier molecular flexibility index (Phi) is 8.91. The minimum absolute atomic E-state index is 0.529. The van der Waals surface area contributed by atoms with Gasteiger partial charge in [0, 0.05) is 44.5 Å². The van der Waals surface area contributed by atoms with Gasteiger partial charge in [-0.25, -0.2) is 44.9 Å². The molecule has 0 unspecified atom stereocenters. The molecule has 6 aromatic carbocycles. The van der Waals surface area contributed by atoms with E-state index in [0.717, 1.165) is 44.5 Å². The van der Waals surface area contributed by atoms with Crippen LogP contribution in [0.2, 0.25) is 0 Å². The van der Waals surface area contributed by atoms with Crippen molar-refractivity contribution in [3.63, 3.8) is 0 Å². The summed E-state index contributed by atoms with van der Waals surface area (Å²) >= 11 is 0. The van der Waals surface area contributed by atoms with Crippen molar-refractivity contribution in [3.05, 3.63) is 176 Å². The number of hydrogen-bond donors (Lipinski definition) is 0. The standard InChI is InChI=1S/C46H31N9/c1-30-47-39(31-15-6-2-7-16-31)49-45(48-30)37-23-14-24-38(29-37)46-54-42(34-21-12-5-13-22-34)53-44(55-46)36-27-25-35(26-28-36)43-51-40(32-17-8-3-9-18-32)50-41(52-43)33-19-10-4-11-20-33/h2-29H,1H3. The Bertz CT molecular complexity index is 2690. The fraction of sp³-hybridized carbons (Fsp3) is 0.0217. The summed E-state index contributed by atoms with van der Waals surface area (Å²) in [6.07, 6.45) is 0. The highest BCUT2D eigenvalue weighted by Gasteiger charge is 2.16. The lowest BCUT2D eigenvalue weighted by molar-refractivity contribution is 0.992. The number of hydrogen-bond acceptors (Lipinski definition) is 9. The highest BCUT2D eigenvalue weighted by Crippen LogP contribution is 2.30. The van der Waals surface area contributed by atoms with E-state index in [-0.39, 0.29) is 0 Å². The molecule has 0 saturated carbocycles. The monoisotopic (exact) mass is 709 g/mol. The van der Waals surface area contributed by atoms with Crippen molar-refractivity contribution in [2.75, 3.05) is 0 Å². The van der Waals surface area contributed by atoms with E-state index in [1.54, 1.807) is 0 Å². The molecule has 0 spiro atoms. The average molecular weight is 710 g/mol. The van der Waals surface area contributed by atoms with Crippen LogP contribution in [-0.4, -0.2) is 44.9 Å². The summed E-state index contributed by atoms with van der Waals surface area (Å²) in [6.45, 7) is 1.88. The average Bonchev–Trinajstić information content (AvgIpc) is 3.27. The Morgan fingerprint density at radius 3 is 0.745 bits per heavy atom. The molecule has 0 saturated heterocycles. The van der Waals surface area contributed by atoms with Crippen LogP contribution in [0.15, 0.2) is 170 Å². The number of nitrogens with zero attached hydrogens (tertiary/aromatic N) is 9. The summed E-state index contributed by atoms with van der Waals surface area (Å²) in [7, 11) is 0. The highest BCUT2D eigenvalue weighted by atomic mass is 15.1. The summed E-state index contributed by atoms with van der Waals surface area (Å²) in [5.41, 5.74) is 6.93. The maximum atomic E-state index is 5.01. The van der Waals surface area contributed by atoms with Crippen LogP contribution in [0.1, 0.15) is 5.82 Å². The van der Waals surface area contributed by atoms with E-state index < -0.39 is 0 Å². The topological polar surface area (TPSA) is 116 Å². The molecule has 9 aromatic rings. The molecular weight excluding hydrogens is 679 g/mol. The Balaban J connectivity index is 1.11. The molecule has 9 heteroatoms. The van der Waals surface area contributed by atoms with Crippen LogP contribution in [0.5, 0.6) is 0 Å². The van der Waals surface area contributed by atoms with Crippen molar-refractivity contribution in [2.24, 2.45) is 0 Å². The van der Waals surface area contributed by atoms with Crippen molar-refractivity contribution in [2.45, 2.75) is 6.92 Å². The number of aromatic nitrogens is 9. The van der Waals surface area contributed by atoms with Crippen molar-refractivity contribution in [1.29, 1.82) is 0 Å². The van der Waals surface area contributed by atoms with Gasteiger partial charge < -0.3 is 0 Å². The molecule has 260 valence electrons. The molecule has 3 heterocycles. The predicted octanol–water partition coefficient (Wildman–Crippen LogP) is 9.89. The van der Waals surface area contributed by atoms with Gasteiger partial charge in [-0.05, 0) is 13.0 Å². The van der Waals surface area contributed by atoms with Gasteiger partial charge in [0.05, 0.1) is 0 Å². The molecule has 0 fully saturated rings. The molecule has 9 rings (SSSR count). The largest absolute Gasteiger partial charge is 0.213 e. The van der Waals surface area contributed by atoms with Crippen LogP contribution < -0.4 is 0 Å². The van der Waals surface area contributed by atoms with Gasteiger partial charge in [0.2, 0.25) is 0 Å². The SMILES string of the molecule is Cc1nc(-c2ccccc2)nc(-c2cccc(-c3nc(-c4ccccc4)nc(-c4ccc(-c5nc(-c6ccccc6)nc(-c6ccccc6)n5)cc4)n3)c2)n1. The summed E-state index contributed by atoms with van der Waals surface area (Å²) in [5.74, 6) is 5.24. The van der Waals surface area contributed by atoms with E-state index in [1.165, 1.54) is 0 Å². The van der Waals surface area contributed by atoms with Gasteiger partial charge in [-0.1, -0.05) is 164 Å².